The molecule has 2 aromatic carbocycles. The molecule has 0 radical (unpaired) electrons. The van der Waals surface area contributed by atoms with Crippen LogP contribution in [0.25, 0.3) is 12.2 Å². The van der Waals surface area contributed by atoms with Crippen molar-refractivity contribution in [2.45, 2.75) is 19.9 Å². The molecule has 0 N–H and O–H groups in total. The lowest BCUT2D eigenvalue weighted by atomic mass is 10.0. The molecule has 1 aromatic heterocycles. The smallest absolute Gasteiger partial charge is 0.338 e. The molecule has 1 aliphatic heterocycles. The first-order valence-electron chi connectivity index (χ1n) is 11.6. The van der Waals surface area contributed by atoms with Crippen molar-refractivity contribution in [2.24, 2.45) is 4.99 Å². The maximum atomic E-state index is 13.7. The Bertz CT molecular complexity index is 1520. The average Bonchev–Trinajstić information content (AvgIpc) is 3.21. The third-order valence-corrected chi connectivity index (χ3v) is 6.80. The highest BCUT2D eigenvalue weighted by Gasteiger charge is 2.30. The fourth-order valence-corrected chi connectivity index (χ4v) is 5.17. The zero-order valence-corrected chi connectivity index (χ0v) is 22.1. The minimum Gasteiger partial charge on any atom is -0.493 e. The number of carbonyl (C=O) groups excluding carboxylic acids is 1. The highest BCUT2D eigenvalue weighted by Crippen LogP contribution is 2.38. The molecule has 2 heterocycles. The van der Waals surface area contributed by atoms with Gasteiger partial charge < -0.3 is 18.9 Å². The van der Waals surface area contributed by atoms with Gasteiger partial charge in [-0.05, 0) is 43.2 Å². The normalized spacial score (nSPS) is 15.4. The van der Waals surface area contributed by atoms with E-state index >= 15 is 0 Å². The molecule has 0 unspecified atom stereocenters. The van der Waals surface area contributed by atoms with Gasteiger partial charge in [0.2, 0.25) is 5.75 Å². The van der Waals surface area contributed by atoms with E-state index in [4.69, 9.17) is 18.9 Å². The van der Waals surface area contributed by atoms with Crippen molar-refractivity contribution in [3.63, 3.8) is 0 Å². The van der Waals surface area contributed by atoms with Gasteiger partial charge in [0, 0.05) is 0 Å². The Morgan fingerprint density at radius 2 is 1.73 bits per heavy atom. The van der Waals surface area contributed by atoms with E-state index in [1.54, 1.807) is 32.1 Å². The summed E-state index contributed by atoms with van der Waals surface area (Å²) in [4.78, 5) is 31.7. The van der Waals surface area contributed by atoms with Crippen LogP contribution < -0.4 is 29.1 Å². The van der Waals surface area contributed by atoms with Crippen LogP contribution in [0, 0.1) is 0 Å². The van der Waals surface area contributed by atoms with Crippen molar-refractivity contribution in [1.82, 2.24) is 4.57 Å². The van der Waals surface area contributed by atoms with Gasteiger partial charge in [0.1, 0.15) is 0 Å². The van der Waals surface area contributed by atoms with Gasteiger partial charge in [-0.2, -0.15) is 0 Å². The van der Waals surface area contributed by atoms with Crippen molar-refractivity contribution in [3.8, 4) is 17.2 Å². The van der Waals surface area contributed by atoms with Crippen molar-refractivity contribution >= 4 is 29.5 Å². The number of aromatic nitrogens is 1. The van der Waals surface area contributed by atoms with Gasteiger partial charge >= 0.3 is 5.97 Å². The largest absolute Gasteiger partial charge is 0.493 e. The molecule has 0 aliphatic carbocycles. The van der Waals surface area contributed by atoms with E-state index in [-0.39, 0.29) is 12.2 Å². The van der Waals surface area contributed by atoms with E-state index in [1.165, 1.54) is 37.2 Å². The Hall–Kier alpha value is -4.11. The molecule has 8 nitrogen and oxygen atoms in total. The SMILES string of the molecule is CCOC(=O)C1=C(C)N=c2s/c(=C\c3cc(OC)c(OC)c(OC)c3)c(=O)n2[C@H]1/C=C/c1ccccc1. The molecule has 0 saturated carbocycles. The molecule has 1 atom stereocenters. The number of fused-ring (bicyclic) bond motifs is 1. The Morgan fingerprint density at radius 1 is 1.05 bits per heavy atom. The summed E-state index contributed by atoms with van der Waals surface area (Å²) < 4.78 is 23.6. The number of hydrogen-bond acceptors (Lipinski definition) is 8. The number of esters is 1. The molecular weight excluding hydrogens is 492 g/mol. The summed E-state index contributed by atoms with van der Waals surface area (Å²) in [5.74, 6) is 0.921. The van der Waals surface area contributed by atoms with Gasteiger partial charge in [0.05, 0.1) is 49.8 Å². The molecule has 0 saturated heterocycles. The van der Waals surface area contributed by atoms with E-state index in [0.29, 0.717) is 43.4 Å². The van der Waals surface area contributed by atoms with Crippen molar-refractivity contribution in [3.05, 3.63) is 90.6 Å². The molecule has 37 heavy (non-hydrogen) atoms. The zero-order valence-electron chi connectivity index (χ0n) is 21.3. The Balaban J connectivity index is 1.89. The van der Waals surface area contributed by atoms with Gasteiger partial charge in [-0.15, -0.1) is 0 Å². The van der Waals surface area contributed by atoms with E-state index in [0.717, 1.165) is 5.56 Å². The first kappa shape index (κ1) is 26.0. The van der Waals surface area contributed by atoms with Crippen molar-refractivity contribution < 1.29 is 23.7 Å². The van der Waals surface area contributed by atoms with Crippen LogP contribution in [-0.4, -0.2) is 38.5 Å². The fourth-order valence-electron chi connectivity index (χ4n) is 4.12. The van der Waals surface area contributed by atoms with E-state index < -0.39 is 12.0 Å². The van der Waals surface area contributed by atoms with Crippen LogP contribution in [-0.2, 0) is 9.53 Å². The molecule has 0 amide bonds. The molecule has 3 aromatic rings. The monoisotopic (exact) mass is 520 g/mol. The molecule has 0 spiro atoms. The number of thiazole rings is 1. The second kappa shape index (κ2) is 11.3. The van der Waals surface area contributed by atoms with Crippen LogP contribution in [0.15, 0.2) is 69.6 Å². The highest BCUT2D eigenvalue weighted by atomic mass is 32.1. The van der Waals surface area contributed by atoms with E-state index in [9.17, 15) is 9.59 Å². The average molecular weight is 521 g/mol. The molecule has 4 rings (SSSR count). The number of hydrogen-bond donors (Lipinski definition) is 0. The number of allylic oxidation sites excluding steroid dienone is 2. The Kier molecular flexibility index (Phi) is 7.93. The maximum Gasteiger partial charge on any atom is 0.338 e. The third kappa shape index (κ3) is 5.22. The summed E-state index contributed by atoms with van der Waals surface area (Å²) in [6.45, 7) is 3.72. The zero-order chi connectivity index (χ0) is 26.5. The molecule has 1 aliphatic rings. The van der Waals surface area contributed by atoms with E-state index in [2.05, 4.69) is 4.99 Å². The lowest BCUT2D eigenvalue weighted by Gasteiger charge is -2.21. The number of benzene rings is 2. The Morgan fingerprint density at radius 3 is 2.32 bits per heavy atom. The standard InChI is InChI=1S/C28H28N2O6S/c1-6-36-27(32)24-17(2)29-28-30(20(24)13-12-18-10-8-7-9-11-18)26(31)23(37-28)16-19-14-21(33-3)25(35-5)22(15-19)34-4/h7-16,20H,6H2,1-5H3/b13-12+,23-16-/t20-/m0/s1. The van der Waals surface area contributed by atoms with Crippen molar-refractivity contribution in [1.29, 1.82) is 0 Å². The van der Waals surface area contributed by atoms with Crippen LogP contribution in [0.4, 0.5) is 0 Å². The lowest BCUT2D eigenvalue weighted by Crippen LogP contribution is -2.38. The molecule has 192 valence electrons. The maximum absolute atomic E-state index is 13.7. The summed E-state index contributed by atoms with van der Waals surface area (Å²) in [6, 6.07) is 12.5. The van der Waals surface area contributed by atoms with Gasteiger partial charge in [-0.3, -0.25) is 9.36 Å². The highest BCUT2D eigenvalue weighted by molar-refractivity contribution is 7.07. The number of nitrogens with zero attached hydrogens (tertiary/aromatic N) is 2. The van der Waals surface area contributed by atoms with E-state index in [1.807, 2.05) is 42.5 Å². The second-order valence-corrected chi connectivity index (χ2v) is 9.08. The van der Waals surface area contributed by atoms with Crippen LogP contribution >= 0.6 is 11.3 Å². The first-order valence-corrected chi connectivity index (χ1v) is 12.5. The predicted octanol–water partition coefficient (Wildman–Crippen LogP) is 3.49. The van der Waals surface area contributed by atoms with Crippen LogP contribution in [0.3, 0.4) is 0 Å². The molecule has 0 fully saturated rings. The molecular formula is C28H28N2O6S. The summed E-state index contributed by atoms with van der Waals surface area (Å²) in [7, 11) is 4.60. The number of rotatable bonds is 8. The topological polar surface area (TPSA) is 88.4 Å². The summed E-state index contributed by atoms with van der Waals surface area (Å²) in [5, 5.41) is 0. The summed E-state index contributed by atoms with van der Waals surface area (Å²) in [6.07, 6.45) is 5.47. The fraction of sp³-hybridized carbons (Fsp3) is 0.250. The van der Waals surface area contributed by atoms with Gasteiger partial charge in [0.15, 0.2) is 16.3 Å². The quantitative estimate of drug-likeness (QED) is 0.423. The summed E-state index contributed by atoms with van der Waals surface area (Å²) in [5.41, 5.74) is 2.22. The molecule has 9 heteroatoms. The minimum atomic E-state index is -0.669. The third-order valence-electron chi connectivity index (χ3n) is 5.81. The first-order chi connectivity index (χ1) is 17.9. The number of carbonyl (C=O) groups is 1. The predicted molar refractivity (Wildman–Crippen MR) is 143 cm³/mol. The van der Waals surface area contributed by atoms with Crippen molar-refractivity contribution in [2.75, 3.05) is 27.9 Å². The minimum absolute atomic E-state index is 0.219. The van der Waals surface area contributed by atoms with Crippen LogP contribution in [0.1, 0.15) is 31.0 Å². The van der Waals surface area contributed by atoms with Gasteiger partial charge in [-0.1, -0.05) is 53.8 Å². The van der Waals surface area contributed by atoms with Crippen LogP contribution in [0.5, 0.6) is 17.2 Å². The number of ether oxygens (including phenoxy) is 4. The summed E-state index contributed by atoms with van der Waals surface area (Å²) >= 11 is 1.25. The van der Waals surface area contributed by atoms with Gasteiger partial charge in [0.25, 0.3) is 5.56 Å². The van der Waals surface area contributed by atoms with Crippen LogP contribution in [0.2, 0.25) is 0 Å². The van der Waals surface area contributed by atoms with Gasteiger partial charge in [-0.25, -0.2) is 9.79 Å². The second-order valence-electron chi connectivity index (χ2n) is 8.07. The molecule has 0 bridgehead atoms. The lowest BCUT2D eigenvalue weighted by molar-refractivity contribution is -0.139. The number of methoxy groups -OCH3 is 3. The Labute approximate surface area is 218 Å².